The number of hydrogen-bond acceptors (Lipinski definition) is 4. The van der Waals surface area contributed by atoms with Crippen molar-refractivity contribution in [2.24, 2.45) is 4.99 Å². The summed E-state index contributed by atoms with van der Waals surface area (Å²) in [7, 11) is 1.83. The van der Waals surface area contributed by atoms with Crippen LogP contribution >= 0.6 is 24.0 Å². The molecule has 1 fully saturated rings. The van der Waals surface area contributed by atoms with Gasteiger partial charge in [-0.1, -0.05) is 13.8 Å². The monoisotopic (exact) mass is 427 g/mol. The van der Waals surface area contributed by atoms with Crippen LogP contribution < -0.4 is 10.6 Å². The smallest absolute Gasteiger partial charge is 0.191 e. The third-order valence-corrected chi connectivity index (χ3v) is 4.05. The lowest BCUT2D eigenvalue weighted by atomic mass is 10.3. The van der Waals surface area contributed by atoms with Gasteiger partial charge in [0.25, 0.3) is 0 Å². The highest BCUT2D eigenvalue weighted by Gasteiger charge is 2.11. The summed E-state index contributed by atoms with van der Waals surface area (Å²) in [5.41, 5.74) is 0. The fourth-order valence-electron chi connectivity index (χ4n) is 2.60. The molecule has 1 rings (SSSR count). The molecule has 1 heterocycles. The van der Waals surface area contributed by atoms with Gasteiger partial charge in [-0.15, -0.1) is 24.0 Å². The molecule has 0 saturated carbocycles. The fourth-order valence-corrected chi connectivity index (χ4v) is 2.60. The molecule has 0 bridgehead atoms. The van der Waals surface area contributed by atoms with Crippen LogP contribution in [0.3, 0.4) is 0 Å². The van der Waals surface area contributed by atoms with Crippen molar-refractivity contribution in [3.05, 3.63) is 0 Å². The highest BCUT2D eigenvalue weighted by molar-refractivity contribution is 14.0. The highest BCUT2D eigenvalue weighted by atomic mass is 127. The van der Waals surface area contributed by atoms with E-state index in [-0.39, 0.29) is 24.0 Å². The number of rotatable bonds is 8. The number of guanidine groups is 1. The van der Waals surface area contributed by atoms with Crippen LogP contribution in [0.1, 0.15) is 20.8 Å². The molecule has 0 amide bonds. The zero-order valence-electron chi connectivity index (χ0n) is 14.6. The summed E-state index contributed by atoms with van der Waals surface area (Å²) in [5, 5.41) is 6.79. The van der Waals surface area contributed by atoms with E-state index in [1.165, 1.54) is 0 Å². The second-order valence-corrected chi connectivity index (χ2v) is 5.40. The molecule has 1 unspecified atom stereocenters. The molecule has 1 atom stereocenters. The Morgan fingerprint density at radius 2 is 1.86 bits per heavy atom. The predicted octanol–water partition coefficient (Wildman–Crippen LogP) is 0.832. The number of likely N-dealkylation sites (N-methyl/N-ethyl adjacent to an activating group) is 1. The summed E-state index contributed by atoms with van der Waals surface area (Å²) in [6, 6.07) is 0.512. The molecule has 0 aliphatic carbocycles. The number of halogens is 1. The van der Waals surface area contributed by atoms with Gasteiger partial charge in [0.05, 0.1) is 13.2 Å². The van der Waals surface area contributed by atoms with Crippen LogP contribution in [0.2, 0.25) is 0 Å². The first-order valence-corrected chi connectivity index (χ1v) is 8.19. The number of aliphatic imine (C=N–C) groups is 1. The second-order valence-electron chi connectivity index (χ2n) is 5.40. The summed E-state index contributed by atoms with van der Waals surface area (Å²) < 4.78 is 5.35. The van der Waals surface area contributed by atoms with Gasteiger partial charge in [0.15, 0.2) is 5.96 Å². The maximum atomic E-state index is 5.35. The molecule has 22 heavy (non-hydrogen) atoms. The largest absolute Gasteiger partial charge is 0.379 e. The van der Waals surface area contributed by atoms with Gasteiger partial charge in [-0.3, -0.25) is 14.8 Å². The second kappa shape index (κ2) is 13.3. The van der Waals surface area contributed by atoms with Crippen LogP contribution in [0.5, 0.6) is 0 Å². The lowest BCUT2D eigenvalue weighted by molar-refractivity contribution is 0.0389. The minimum absolute atomic E-state index is 0. The van der Waals surface area contributed by atoms with E-state index in [4.69, 9.17) is 4.74 Å². The van der Waals surface area contributed by atoms with E-state index in [9.17, 15) is 0 Å². The zero-order valence-corrected chi connectivity index (χ0v) is 16.9. The number of ether oxygens (including phenoxy) is 1. The molecule has 6 nitrogen and oxygen atoms in total. The van der Waals surface area contributed by atoms with Crippen LogP contribution in [-0.2, 0) is 4.74 Å². The van der Waals surface area contributed by atoms with Crippen LogP contribution in [0, 0.1) is 0 Å². The molecule has 2 N–H and O–H groups in total. The van der Waals surface area contributed by atoms with Gasteiger partial charge in [0.1, 0.15) is 0 Å². The lowest BCUT2D eigenvalue weighted by Crippen LogP contribution is -2.48. The summed E-state index contributed by atoms with van der Waals surface area (Å²) in [4.78, 5) is 9.14. The lowest BCUT2D eigenvalue weighted by Gasteiger charge is -2.28. The molecular formula is C15H34IN5O. The van der Waals surface area contributed by atoms with Gasteiger partial charge < -0.3 is 15.4 Å². The normalized spacial score (nSPS) is 18.0. The van der Waals surface area contributed by atoms with Crippen LogP contribution in [0.4, 0.5) is 0 Å². The van der Waals surface area contributed by atoms with Gasteiger partial charge in [-0.2, -0.15) is 0 Å². The van der Waals surface area contributed by atoms with Crippen molar-refractivity contribution in [3.8, 4) is 0 Å². The molecule has 1 aliphatic rings. The summed E-state index contributed by atoms with van der Waals surface area (Å²) >= 11 is 0. The Kier molecular flexibility index (Phi) is 13.3. The topological polar surface area (TPSA) is 52.1 Å². The first-order chi connectivity index (χ1) is 10.2. The average molecular weight is 427 g/mol. The van der Waals surface area contributed by atoms with Crippen molar-refractivity contribution in [2.75, 3.05) is 66.1 Å². The van der Waals surface area contributed by atoms with Gasteiger partial charge in [-0.05, 0) is 20.0 Å². The Balaban J connectivity index is 0.00000441. The fraction of sp³-hybridized carbons (Fsp3) is 0.933. The van der Waals surface area contributed by atoms with E-state index in [0.717, 1.165) is 65.0 Å². The summed E-state index contributed by atoms with van der Waals surface area (Å²) in [6.45, 7) is 15.5. The molecule has 0 spiro atoms. The van der Waals surface area contributed by atoms with E-state index in [1.54, 1.807) is 0 Å². The number of morpholine rings is 1. The quantitative estimate of drug-likeness (QED) is 0.342. The molecule has 1 aliphatic heterocycles. The van der Waals surface area contributed by atoms with Crippen molar-refractivity contribution >= 4 is 29.9 Å². The van der Waals surface area contributed by atoms with Crippen molar-refractivity contribution in [2.45, 2.75) is 26.8 Å². The standard InChI is InChI=1S/C15H33N5O.HI/c1-5-20(6-2)14(3)13-18-15(16-4)17-7-8-19-9-11-21-12-10-19;/h14H,5-13H2,1-4H3,(H2,16,17,18);1H. The maximum Gasteiger partial charge on any atom is 0.191 e. The average Bonchev–Trinajstić information content (AvgIpc) is 2.52. The number of hydrogen-bond donors (Lipinski definition) is 2. The zero-order chi connectivity index (χ0) is 15.5. The van der Waals surface area contributed by atoms with E-state index in [1.807, 2.05) is 7.05 Å². The Labute approximate surface area is 153 Å². The van der Waals surface area contributed by atoms with E-state index >= 15 is 0 Å². The third-order valence-electron chi connectivity index (χ3n) is 4.05. The summed E-state index contributed by atoms with van der Waals surface area (Å²) in [6.07, 6.45) is 0. The SMILES string of the molecule is CCN(CC)C(C)CNC(=NC)NCCN1CCOCC1.I. The molecule has 132 valence electrons. The van der Waals surface area contributed by atoms with E-state index in [0.29, 0.717) is 6.04 Å². The minimum Gasteiger partial charge on any atom is -0.379 e. The van der Waals surface area contributed by atoms with Gasteiger partial charge in [0, 0.05) is 45.8 Å². The Bertz CT molecular complexity index is 294. The van der Waals surface area contributed by atoms with Gasteiger partial charge in [-0.25, -0.2) is 0 Å². The van der Waals surface area contributed by atoms with Gasteiger partial charge in [0.2, 0.25) is 0 Å². The minimum atomic E-state index is 0. The predicted molar refractivity (Wildman–Crippen MR) is 104 cm³/mol. The van der Waals surface area contributed by atoms with Gasteiger partial charge >= 0.3 is 0 Å². The molecule has 7 heteroatoms. The number of nitrogens with one attached hydrogen (secondary N) is 2. The van der Waals surface area contributed by atoms with Crippen molar-refractivity contribution in [1.82, 2.24) is 20.4 Å². The maximum absolute atomic E-state index is 5.35. The molecule has 0 aromatic rings. The van der Waals surface area contributed by atoms with E-state index < -0.39 is 0 Å². The van der Waals surface area contributed by atoms with Crippen LogP contribution in [0.15, 0.2) is 4.99 Å². The first-order valence-electron chi connectivity index (χ1n) is 8.19. The molecule has 0 aromatic heterocycles. The summed E-state index contributed by atoms with van der Waals surface area (Å²) in [5.74, 6) is 0.891. The molecular weight excluding hydrogens is 393 g/mol. The molecule has 0 radical (unpaired) electrons. The Morgan fingerprint density at radius 1 is 1.23 bits per heavy atom. The van der Waals surface area contributed by atoms with Crippen LogP contribution in [0.25, 0.3) is 0 Å². The van der Waals surface area contributed by atoms with Crippen LogP contribution in [-0.4, -0.2) is 87.9 Å². The number of nitrogens with zero attached hydrogens (tertiary/aromatic N) is 3. The van der Waals surface area contributed by atoms with Crippen molar-refractivity contribution in [3.63, 3.8) is 0 Å². The third kappa shape index (κ3) is 8.50. The van der Waals surface area contributed by atoms with E-state index in [2.05, 4.69) is 46.2 Å². The first kappa shape index (κ1) is 21.9. The Hall–Kier alpha value is -0.120. The Morgan fingerprint density at radius 3 is 2.41 bits per heavy atom. The molecule has 1 saturated heterocycles. The van der Waals surface area contributed by atoms with Crippen molar-refractivity contribution < 1.29 is 4.74 Å². The molecule has 0 aromatic carbocycles. The van der Waals surface area contributed by atoms with Crippen molar-refractivity contribution in [1.29, 1.82) is 0 Å². The highest BCUT2D eigenvalue weighted by Crippen LogP contribution is 1.96.